The number of fused-ring (bicyclic) bond motifs is 1. The van der Waals surface area contributed by atoms with Crippen molar-refractivity contribution in [1.29, 1.82) is 0 Å². The quantitative estimate of drug-likeness (QED) is 0.641. The van der Waals surface area contributed by atoms with Crippen molar-refractivity contribution in [2.24, 2.45) is 0 Å². The summed E-state index contributed by atoms with van der Waals surface area (Å²) in [4.78, 5) is 18.8. The third-order valence-corrected chi connectivity index (χ3v) is 5.03. The molecule has 0 spiro atoms. The highest BCUT2D eigenvalue weighted by molar-refractivity contribution is 5.81. The van der Waals surface area contributed by atoms with Gasteiger partial charge in [-0.25, -0.2) is 0 Å². The van der Waals surface area contributed by atoms with Gasteiger partial charge >= 0.3 is 0 Å². The van der Waals surface area contributed by atoms with Crippen molar-refractivity contribution in [3.63, 3.8) is 0 Å². The van der Waals surface area contributed by atoms with Crippen LogP contribution in [0, 0.1) is 6.92 Å². The molecule has 0 bridgehead atoms. The molecule has 2 aromatic heterocycles. The van der Waals surface area contributed by atoms with Crippen LogP contribution in [0.4, 0.5) is 5.82 Å². The average molecular weight is 380 g/mol. The van der Waals surface area contributed by atoms with Gasteiger partial charge in [0.15, 0.2) is 11.5 Å². The number of carbonyl (C=O) groups excluding carboxylic acids is 1. The summed E-state index contributed by atoms with van der Waals surface area (Å²) in [5.41, 5.74) is 3.18. The number of carbonyl (C=O) groups is 1. The van der Waals surface area contributed by atoms with E-state index in [1.54, 1.807) is 6.07 Å². The molecule has 28 heavy (non-hydrogen) atoms. The van der Waals surface area contributed by atoms with Gasteiger partial charge in [0.05, 0.1) is 6.54 Å². The molecule has 0 saturated carbocycles. The molecule has 0 N–H and O–H groups in total. The Morgan fingerprint density at radius 2 is 1.96 bits per heavy atom. The Morgan fingerprint density at radius 3 is 2.75 bits per heavy atom. The first-order valence-electron chi connectivity index (χ1n) is 9.41. The van der Waals surface area contributed by atoms with Gasteiger partial charge in [-0.3, -0.25) is 9.69 Å². The number of nitrogens with zero attached hydrogens (tertiary/aromatic N) is 8. The molecule has 0 atom stereocenters. The molecule has 1 aromatic carbocycles. The van der Waals surface area contributed by atoms with Crippen LogP contribution < -0.4 is 4.90 Å². The molecule has 0 unspecified atom stereocenters. The topological polar surface area (TPSA) is 82.8 Å². The zero-order valence-corrected chi connectivity index (χ0v) is 16.2. The van der Waals surface area contributed by atoms with Gasteiger partial charge in [-0.05, 0) is 35.0 Å². The fourth-order valence-corrected chi connectivity index (χ4v) is 3.45. The van der Waals surface area contributed by atoms with Crippen LogP contribution in [0.2, 0.25) is 0 Å². The van der Waals surface area contributed by atoms with Crippen LogP contribution in [-0.4, -0.2) is 80.7 Å². The molecule has 1 aliphatic heterocycles. The number of tetrazole rings is 1. The molecule has 146 valence electrons. The van der Waals surface area contributed by atoms with Crippen LogP contribution in [0.1, 0.15) is 11.1 Å². The van der Waals surface area contributed by atoms with E-state index >= 15 is 0 Å². The lowest BCUT2D eigenvalue weighted by Gasteiger charge is -2.35. The van der Waals surface area contributed by atoms with E-state index < -0.39 is 0 Å². The minimum atomic E-state index is 0.108. The summed E-state index contributed by atoms with van der Waals surface area (Å²) < 4.78 is 1.36. The number of benzene rings is 1. The summed E-state index contributed by atoms with van der Waals surface area (Å²) in [6.07, 6.45) is 0. The molecule has 1 saturated heterocycles. The van der Waals surface area contributed by atoms with E-state index in [2.05, 4.69) is 56.7 Å². The number of hydrogen-bond donors (Lipinski definition) is 0. The Morgan fingerprint density at radius 1 is 1.14 bits per heavy atom. The second-order valence-electron chi connectivity index (χ2n) is 7.22. The largest absolute Gasteiger partial charge is 0.349 e. The maximum absolute atomic E-state index is 12.7. The fraction of sp³-hybridized carbons (Fsp3) is 0.421. The monoisotopic (exact) mass is 380 g/mol. The second kappa shape index (κ2) is 7.89. The van der Waals surface area contributed by atoms with Crippen LogP contribution in [0.25, 0.3) is 5.65 Å². The molecule has 3 aromatic rings. The van der Waals surface area contributed by atoms with Crippen LogP contribution in [0.15, 0.2) is 36.4 Å². The van der Waals surface area contributed by atoms with E-state index in [1.165, 1.54) is 15.8 Å². The minimum Gasteiger partial charge on any atom is -0.349 e. The third kappa shape index (κ3) is 4.09. The highest BCUT2D eigenvalue weighted by atomic mass is 16.2. The zero-order valence-electron chi connectivity index (χ0n) is 16.2. The molecule has 0 radical (unpaired) electrons. The van der Waals surface area contributed by atoms with Crippen molar-refractivity contribution < 1.29 is 4.79 Å². The first-order chi connectivity index (χ1) is 13.6. The van der Waals surface area contributed by atoms with Crippen molar-refractivity contribution in [1.82, 2.24) is 35.1 Å². The Labute approximate surface area is 163 Å². The van der Waals surface area contributed by atoms with E-state index in [4.69, 9.17) is 0 Å². The van der Waals surface area contributed by atoms with Gasteiger partial charge < -0.3 is 9.80 Å². The number of rotatable bonds is 5. The number of likely N-dealkylation sites (N-methyl/N-ethyl adjacent to an activating group) is 1. The van der Waals surface area contributed by atoms with Crippen molar-refractivity contribution in [2.75, 3.05) is 44.7 Å². The van der Waals surface area contributed by atoms with Crippen molar-refractivity contribution in [3.8, 4) is 0 Å². The number of aromatic nitrogens is 5. The van der Waals surface area contributed by atoms with Gasteiger partial charge in [0, 0.05) is 39.8 Å². The predicted molar refractivity (Wildman–Crippen MR) is 105 cm³/mol. The molecular formula is C19H24N8O. The molecular weight excluding hydrogens is 356 g/mol. The summed E-state index contributed by atoms with van der Waals surface area (Å²) in [6, 6.07) is 12.2. The molecule has 1 amide bonds. The molecule has 1 aliphatic rings. The summed E-state index contributed by atoms with van der Waals surface area (Å²) in [7, 11) is 1.85. The lowest BCUT2D eigenvalue weighted by Crippen LogP contribution is -2.50. The number of aryl methyl sites for hydroxylation is 1. The molecule has 1 fully saturated rings. The summed E-state index contributed by atoms with van der Waals surface area (Å²) in [5, 5.41) is 15.5. The predicted octanol–water partition coefficient (Wildman–Crippen LogP) is 0.608. The van der Waals surface area contributed by atoms with Crippen LogP contribution in [0.3, 0.4) is 0 Å². The zero-order chi connectivity index (χ0) is 19.5. The van der Waals surface area contributed by atoms with E-state index in [1.807, 2.05) is 22.9 Å². The molecule has 4 rings (SSSR count). The van der Waals surface area contributed by atoms with Crippen LogP contribution in [-0.2, 0) is 11.3 Å². The Hall–Kier alpha value is -3.07. The Kier molecular flexibility index (Phi) is 5.16. The Bertz CT molecular complexity index is 963. The van der Waals surface area contributed by atoms with Crippen LogP contribution in [0.5, 0.6) is 0 Å². The van der Waals surface area contributed by atoms with E-state index in [-0.39, 0.29) is 12.5 Å². The van der Waals surface area contributed by atoms with Crippen molar-refractivity contribution >= 4 is 17.4 Å². The van der Waals surface area contributed by atoms with Crippen LogP contribution >= 0.6 is 0 Å². The highest BCUT2D eigenvalue weighted by Gasteiger charge is 2.22. The fourth-order valence-electron chi connectivity index (χ4n) is 3.45. The standard InChI is InChI=1S/C19H24N8O/c1-15-4-3-5-16(12-15)13-25-8-10-26(11-9-25)19(28)14-24(2)18-7-6-17-20-22-23-27(17)21-18/h3-7,12H,8-11,13-14H2,1-2H3. The van der Waals surface area contributed by atoms with Crippen molar-refractivity contribution in [2.45, 2.75) is 13.5 Å². The normalized spacial score (nSPS) is 15.1. The second-order valence-corrected chi connectivity index (χ2v) is 7.22. The SMILES string of the molecule is Cc1cccc(CN2CCN(C(=O)CN(C)c3ccc4nnnn4n3)CC2)c1. The van der Waals surface area contributed by atoms with Gasteiger partial charge in [0.25, 0.3) is 0 Å². The molecule has 9 nitrogen and oxygen atoms in total. The maximum atomic E-state index is 12.7. The molecule has 3 heterocycles. The van der Waals surface area contributed by atoms with Gasteiger partial charge in [-0.15, -0.1) is 14.8 Å². The number of amides is 1. The summed E-state index contributed by atoms with van der Waals surface area (Å²) >= 11 is 0. The smallest absolute Gasteiger partial charge is 0.242 e. The van der Waals surface area contributed by atoms with E-state index in [0.717, 1.165) is 32.7 Å². The maximum Gasteiger partial charge on any atom is 0.242 e. The van der Waals surface area contributed by atoms with Gasteiger partial charge in [0.2, 0.25) is 5.91 Å². The van der Waals surface area contributed by atoms with Gasteiger partial charge in [-0.2, -0.15) is 0 Å². The molecule has 9 heteroatoms. The first kappa shape index (κ1) is 18.3. The lowest BCUT2D eigenvalue weighted by molar-refractivity contribution is -0.131. The highest BCUT2D eigenvalue weighted by Crippen LogP contribution is 2.12. The minimum absolute atomic E-state index is 0.108. The summed E-state index contributed by atoms with van der Waals surface area (Å²) in [6.45, 7) is 6.59. The van der Waals surface area contributed by atoms with Gasteiger partial charge in [-0.1, -0.05) is 29.8 Å². The van der Waals surface area contributed by atoms with Crippen molar-refractivity contribution in [3.05, 3.63) is 47.5 Å². The molecule has 0 aliphatic carbocycles. The number of piperazine rings is 1. The number of anilines is 1. The lowest BCUT2D eigenvalue weighted by atomic mass is 10.1. The summed E-state index contributed by atoms with van der Waals surface area (Å²) in [5.74, 6) is 0.766. The third-order valence-electron chi connectivity index (χ3n) is 5.03. The van der Waals surface area contributed by atoms with E-state index in [0.29, 0.717) is 11.5 Å². The average Bonchev–Trinajstić information content (AvgIpc) is 3.16. The number of hydrogen-bond acceptors (Lipinski definition) is 7. The van der Waals surface area contributed by atoms with E-state index in [9.17, 15) is 4.79 Å². The van der Waals surface area contributed by atoms with Gasteiger partial charge in [0.1, 0.15) is 0 Å². The Balaban J connectivity index is 1.29. The first-order valence-corrected chi connectivity index (χ1v) is 9.41.